The van der Waals surface area contributed by atoms with Gasteiger partial charge in [0.15, 0.2) is 0 Å². The fraction of sp³-hybridized carbons (Fsp3) is 1.00. The SMILES string of the molecule is COCCNCCN(C)CC1(C)CCCCC1. The van der Waals surface area contributed by atoms with Gasteiger partial charge in [-0.3, -0.25) is 0 Å². The van der Waals surface area contributed by atoms with Gasteiger partial charge in [0.1, 0.15) is 0 Å². The first-order chi connectivity index (χ1) is 8.16. The van der Waals surface area contributed by atoms with Crippen molar-refractivity contribution < 1.29 is 4.74 Å². The first-order valence-corrected chi connectivity index (χ1v) is 7.04. The highest BCUT2D eigenvalue weighted by atomic mass is 16.5. The van der Waals surface area contributed by atoms with Crippen molar-refractivity contribution in [3.05, 3.63) is 0 Å². The number of ether oxygens (including phenoxy) is 1. The Morgan fingerprint density at radius 2 is 1.88 bits per heavy atom. The van der Waals surface area contributed by atoms with Gasteiger partial charge >= 0.3 is 0 Å². The molecule has 0 bridgehead atoms. The molecule has 0 aliphatic heterocycles. The molecule has 0 aromatic heterocycles. The van der Waals surface area contributed by atoms with Crippen molar-refractivity contribution in [1.82, 2.24) is 10.2 Å². The van der Waals surface area contributed by atoms with Crippen molar-refractivity contribution >= 4 is 0 Å². The molecule has 0 atom stereocenters. The van der Waals surface area contributed by atoms with E-state index in [1.165, 1.54) is 38.6 Å². The summed E-state index contributed by atoms with van der Waals surface area (Å²) in [4.78, 5) is 2.48. The molecule has 3 nitrogen and oxygen atoms in total. The van der Waals surface area contributed by atoms with Crippen LogP contribution in [0.3, 0.4) is 0 Å². The second-order valence-corrected chi connectivity index (χ2v) is 5.85. The van der Waals surface area contributed by atoms with Crippen LogP contribution in [0, 0.1) is 5.41 Å². The van der Waals surface area contributed by atoms with Crippen molar-refractivity contribution in [2.24, 2.45) is 5.41 Å². The Morgan fingerprint density at radius 3 is 2.53 bits per heavy atom. The monoisotopic (exact) mass is 242 g/mol. The fourth-order valence-corrected chi connectivity index (χ4v) is 2.86. The highest BCUT2D eigenvalue weighted by molar-refractivity contribution is 4.81. The predicted octanol–water partition coefficient (Wildman–Crippen LogP) is 2.12. The smallest absolute Gasteiger partial charge is 0.0587 e. The lowest BCUT2D eigenvalue weighted by molar-refractivity contribution is 0.139. The Kier molecular flexibility index (Phi) is 7.09. The van der Waals surface area contributed by atoms with Crippen LogP contribution in [-0.2, 0) is 4.74 Å². The molecule has 0 amide bonds. The Labute approximate surface area is 107 Å². The fourth-order valence-electron chi connectivity index (χ4n) is 2.86. The summed E-state index contributed by atoms with van der Waals surface area (Å²) in [7, 11) is 4.00. The molecule has 102 valence electrons. The largest absolute Gasteiger partial charge is 0.383 e. The molecule has 0 spiro atoms. The minimum absolute atomic E-state index is 0.569. The Balaban J connectivity index is 2.08. The van der Waals surface area contributed by atoms with E-state index in [4.69, 9.17) is 4.74 Å². The first kappa shape index (κ1) is 14.9. The summed E-state index contributed by atoms with van der Waals surface area (Å²) >= 11 is 0. The summed E-state index contributed by atoms with van der Waals surface area (Å²) in [5, 5.41) is 3.40. The van der Waals surface area contributed by atoms with Crippen LogP contribution in [0.4, 0.5) is 0 Å². The number of methoxy groups -OCH3 is 1. The molecule has 0 aromatic rings. The highest BCUT2D eigenvalue weighted by Gasteiger charge is 2.27. The molecule has 1 aliphatic carbocycles. The van der Waals surface area contributed by atoms with Gasteiger partial charge < -0.3 is 15.0 Å². The Hall–Kier alpha value is -0.120. The van der Waals surface area contributed by atoms with E-state index in [9.17, 15) is 0 Å². The van der Waals surface area contributed by atoms with Gasteiger partial charge in [0, 0.05) is 33.3 Å². The van der Waals surface area contributed by atoms with Gasteiger partial charge in [-0.05, 0) is 25.3 Å². The molecule has 0 unspecified atom stereocenters. The van der Waals surface area contributed by atoms with Crippen LogP contribution in [0.2, 0.25) is 0 Å². The lowest BCUT2D eigenvalue weighted by Gasteiger charge is -2.37. The van der Waals surface area contributed by atoms with Gasteiger partial charge in [-0.15, -0.1) is 0 Å². The zero-order chi connectivity index (χ0) is 12.6. The lowest BCUT2D eigenvalue weighted by atomic mass is 9.75. The van der Waals surface area contributed by atoms with E-state index in [-0.39, 0.29) is 0 Å². The molecule has 1 saturated carbocycles. The Morgan fingerprint density at radius 1 is 1.18 bits per heavy atom. The third kappa shape index (κ3) is 6.39. The Bertz CT molecular complexity index is 191. The number of hydrogen-bond acceptors (Lipinski definition) is 3. The molecular weight excluding hydrogens is 212 g/mol. The standard InChI is InChI=1S/C14H30N2O/c1-14(7-5-4-6-8-14)13-16(2)11-9-15-10-12-17-3/h15H,4-13H2,1-3H3. The zero-order valence-electron chi connectivity index (χ0n) is 11.9. The minimum atomic E-state index is 0.569. The van der Waals surface area contributed by atoms with Crippen LogP contribution >= 0.6 is 0 Å². The first-order valence-electron chi connectivity index (χ1n) is 7.04. The number of nitrogens with zero attached hydrogens (tertiary/aromatic N) is 1. The molecule has 1 rings (SSSR count). The van der Waals surface area contributed by atoms with Gasteiger partial charge in [0.2, 0.25) is 0 Å². The van der Waals surface area contributed by atoms with Crippen LogP contribution in [0.5, 0.6) is 0 Å². The second-order valence-electron chi connectivity index (χ2n) is 5.85. The van der Waals surface area contributed by atoms with E-state index in [0.29, 0.717) is 5.41 Å². The van der Waals surface area contributed by atoms with Gasteiger partial charge in [-0.2, -0.15) is 0 Å². The molecular formula is C14H30N2O. The van der Waals surface area contributed by atoms with Crippen molar-refractivity contribution in [2.45, 2.75) is 39.0 Å². The summed E-state index contributed by atoms with van der Waals surface area (Å²) in [6.07, 6.45) is 7.12. The van der Waals surface area contributed by atoms with Gasteiger partial charge in [-0.25, -0.2) is 0 Å². The van der Waals surface area contributed by atoms with Crippen molar-refractivity contribution in [3.8, 4) is 0 Å². The van der Waals surface area contributed by atoms with Crippen LogP contribution in [-0.4, -0.2) is 51.8 Å². The molecule has 1 N–H and O–H groups in total. The number of hydrogen-bond donors (Lipinski definition) is 1. The normalized spacial score (nSPS) is 19.8. The molecule has 1 fully saturated rings. The quantitative estimate of drug-likeness (QED) is 0.660. The maximum absolute atomic E-state index is 5.01. The van der Waals surface area contributed by atoms with Crippen molar-refractivity contribution in [3.63, 3.8) is 0 Å². The molecule has 0 saturated heterocycles. The van der Waals surface area contributed by atoms with E-state index in [1.807, 2.05) is 0 Å². The minimum Gasteiger partial charge on any atom is -0.383 e. The third-order valence-corrected chi connectivity index (χ3v) is 3.87. The molecule has 17 heavy (non-hydrogen) atoms. The summed E-state index contributed by atoms with van der Waals surface area (Å²) in [6.45, 7) is 7.68. The number of nitrogens with one attached hydrogen (secondary N) is 1. The zero-order valence-corrected chi connectivity index (χ0v) is 11.9. The van der Waals surface area contributed by atoms with Gasteiger partial charge in [0.05, 0.1) is 6.61 Å². The predicted molar refractivity (Wildman–Crippen MR) is 73.4 cm³/mol. The van der Waals surface area contributed by atoms with E-state index in [2.05, 4.69) is 24.2 Å². The van der Waals surface area contributed by atoms with Gasteiger partial charge in [0.25, 0.3) is 0 Å². The number of likely N-dealkylation sites (N-methyl/N-ethyl adjacent to an activating group) is 1. The van der Waals surface area contributed by atoms with Crippen LogP contribution in [0.15, 0.2) is 0 Å². The van der Waals surface area contributed by atoms with E-state index >= 15 is 0 Å². The van der Waals surface area contributed by atoms with E-state index < -0.39 is 0 Å². The van der Waals surface area contributed by atoms with Crippen LogP contribution in [0.25, 0.3) is 0 Å². The van der Waals surface area contributed by atoms with Crippen molar-refractivity contribution in [2.75, 3.05) is 46.9 Å². The van der Waals surface area contributed by atoms with Crippen LogP contribution < -0.4 is 5.32 Å². The third-order valence-electron chi connectivity index (χ3n) is 3.87. The van der Waals surface area contributed by atoms with E-state index in [0.717, 1.165) is 26.2 Å². The molecule has 3 heteroatoms. The summed E-state index contributed by atoms with van der Waals surface area (Å²) in [5.41, 5.74) is 0.569. The highest BCUT2D eigenvalue weighted by Crippen LogP contribution is 2.35. The summed E-state index contributed by atoms with van der Waals surface area (Å²) in [6, 6.07) is 0. The van der Waals surface area contributed by atoms with Crippen molar-refractivity contribution in [1.29, 1.82) is 0 Å². The van der Waals surface area contributed by atoms with Crippen LogP contribution in [0.1, 0.15) is 39.0 Å². The average Bonchev–Trinajstić information content (AvgIpc) is 2.29. The molecule has 0 radical (unpaired) electrons. The van der Waals surface area contributed by atoms with E-state index in [1.54, 1.807) is 7.11 Å². The summed E-state index contributed by atoms with van der Waals surface area (Å²) in [5.74, 6) is 0. The number of rotatable bonds is 8. The second kappa shape index (κ2) is 8.06. The summed E-state index contributed by atoms with van der Waals surface area (Å²) < 4.78 is 5.01. The molecule has 0 aromatic carbocycles. The topological polar surface area (TPSA) is 24.5 Å². The molecule has 0 heterocycles. The molecule has 1 aliphatic rings. The maximum atomic E-state index is 5.01. The maximum Gasteiger partial charge on any atom is 0.0587 e. The van der Waals surface area contributed by atoms with Gasteiger partial charge in [-0.1, -0.05) is 26.2 Å². The average molecular weight is 242 g/mol. The lowest BCUT2D eigenvalue weighted by Crippen LogP contribution is -2.38.